The van der Waals surface area contributed by atoms with Crippen molar-refractivity contribution in [3.05, 3.63) is 70.8 Å². The van der Waals surface area contributed by atoms with E-state index in [0.29, 0.717) is 28.9 Å². The first-order chi connectivity index (χ1) is 12.6. The van der Waals surface area contributed by atoms with Crippen molar-refractivity contribution in [1.29, 1.82) is 0 Å². The molecule has 26 heavy (non-hydrogen) atoms. The van der Waals surface area contributed by atoms with Gasteiger partial charge in [0.25, 0.3) is 11.5 Å². The van der Waals surface area contributed by atoms with Crippen LogP contribution in [0.5, 0.6) is 5.75 Å². The first-order valence-corrected chi connectivity index (χ1v) is 8.53. The molecule has 0 unspecified atom stereocenters. The first-order valence-electron chi connectivity index (χ1n) is 8.53. The molecule has 0 saturated carbocycles. The molecule has 1 atom stereocenters. The number of amides is 1. The molecule has 0 bridgehead atoms. The van der Waals surface area contributed by atoms with Crippen LogP contribution in [-0.4, -0.2) is 33.9 Å². The van der Waals surface area contributed by atoms with E-state index in [2.05, 4.69) is 9.97 Å². The molecule has 1 heterocycles. The molecule has 1 aromatic heterocycles. The van der Waals surface area contributed by atoms with E-state index >= 15 is 0 Å². The number of H-pyrrole nitrogens is 1. The van der Waals surface area contributed by atoms with Crippen LogP contribution in [0.1, 0.15) is 19.2 Å². The van der Waals surface area contributed by atoms with E-state index in [1.54, 1.807) is 25.2 Å². The molecule has 1 amide bonds. The highest BCUT2D eigenvalue weighted by atomic mass is 16.5. The lowest BCUT2D eigenvalue weighted by molar-refractivity contribution is -0.138. The number of fused-ring (bicyclic) bond motifs is 1. The van der Waals surface area contributed by atoms with Gasteiger partial charge in [-0.05, 0) is 30.7 Å². The normalized spacial score (nSPS) is 11.9. The summed E-state index contributed by atoms with van der Waals surface area (Å²) in [5.41, 5.74) is 0.402. The second-order valence-electron chi connectivity index (χ2n) is 6.05. The SMILES string of the molecule is CC[C@H](Oc1ccccc1)C(=O)N(C)Cc1nc2ccccc2c(=O)[nH]1. The maximum atomic E-state index is 12.7. The van der Waals surface area contributed by atoms with E-state index in [-0.39, 0.29) is 18.0 Å². The zero-order valence-electron chi connectivity index (χ0n) is 14.8. The maximum Gasteiger partial charge on any atom is 0.263 e. The Hall–Kier alpha value is -3.15. The molecule has 3 rings (SSSR count). The van der Waals surface area contributed by atoms with Gasteiger partial charge in [0.05, 0.1) is 17.4 Å². The fraction of sp³-hybridized carbons (Fsp3) is 0.250. The van der Waals surface area contributed by atoms with Crippen LogP contribution in [0.15, 0.2) is 59.4 Å². The van der Waals surface area contributed by atoms with Crippen LogP contribution >= 0.6 is 0 Å². The van der Waals surface area contributed by atoms with Gasteiger partial charge in [0.15, 0.2) is 6.10 Å². The van der Waals surface area contributed by atoms with E-state index < -0.39 is 6.10 Å². The molecule has 0 aliphatic heterocycles. The number of aromatic nitrogens is 2. The Morgan fingerprint density at radius 2 is 1.85 bits per heavy atom. The number of carbonyl (C=O) groups is 1. The van der Waals surface area contributed by atoms with Crippen molar-refractivity contribution >= 4 is 16.8 Å². The Morgan fingerprint density at radius 3 is 2.58 bits per heavy atom. The van der Waals surface area contributed by atoms with Gasteiger partial charge in [-0.3, -0.25) is 9.59 Å². The Balaban J connectivity index is 1.75. The first kappa shape index (κ1) is 17.7. The summed E-state index contributed by atoms with van der Waals surface area (Å²) in [6.45, 7) is 2.10. The van der Waals surface area contributed by atoms with Crippen LogP contribution < -0.4 is 10.3 Å². The van der Waals surface area contributed by atoms with Crippen molar-refractivity contribution in [3.63, 3.8) is 0 Å². The highest BCUT2D eigenvalue weighted by Gasteiger charge is 2.23. The number of benzene rings is 2. The summed E-state index contributed by atoms with van der Waals surface area (Å²) in [6.07, 6.45) is -0.0469. The van der Waals surface area contributed by atoms with Gasteiger partial charge in [-0.15, -0.1) is 0 Å². The average molecular weight is 351 g/mol. The molecular weight excluding hydrogens is 330 g/mol. The highest BCUT2D eigenvalue weighted by molar-refractivity contribution is 5.81. The van der Waals surface area contributed by atoms with Crippen molar-refractivity contribution in [2.75, 3.05) is 7.05 Å². The summed E-state index contributed by atoms with van der Waals surface area (Å²) in [5.74, 6) is 0.935. The van der Waals surface area contributed by atoms with Crippen molar-refractivity contribution in [2.24, 2.45) is 0 Å². The van der Waals surface area contributed by atoms with E-state index in [0.717, 1.165) is 0 Å². The van der Waals surface area contributed by atoms with Crippen LogP contribution in [0.25, 0.3) is 10.9 Å². The molecule has 0 fully saturated rings. The van der Waals surface area contributed by atoms with E-state index in [1.807, 2.05) is 43.3 Å². The molecule has 6 nitrogen and oxygen atoms in total. The molecule has 2 aromatic carbocycles. The smallest absolute Gasteiger partial charge is 0.263 e. The molecule has 6 heteroatoms. The van der Waals surface area contributed by atoms with Gasteiger partial charge in [-0.1, -0.05) is 37.3 Å². The third-order valence-electron chi connectivity index (χ3n) is 4.09. The van der Waals surface area contributed by atoms with Gasteiger partial charge < -0.3 is 14.6 Å². The standard InChI is InChI=1S/C20H21N3O3/c1-3-17(26-14-9-5-4-6-10-14)20(25)23(2)13-18-21-16-12-8-7-11-15(16)19(24)22-18/h4-12,17H,3,13H2,1-2H3,(H,21,22,24)/t17-/m0/s1. The summed E-state index contributed by atoms with van der Waals surface area (Å²) in [5, 5.41) is 0.532. The van der Waals surface area contributed by atoms with Gasteiger partial charge in [-0.2, -0.15) is 0 Å². The number of para-hydroxylation sites is 2. The Kier molecular flexibility index (Phi) is 5.31. The fourth-order valence-corrected chi connectivity index (χ4v) is 2.73. The summed E-state index contributed by atoms with van der Waals surface area (Å²) >= 11 is 0. The van der Waals surface area contributed by atoms with Gasteiger partial charge >= 0.3 is 0 Å². The Morgan fingerprint density at radius 1 is 1.15 bits per heavy atom. The number of hydrogen-bond donors (Lipinski definition) is 1. The van der Waals surface area contributed by atoms with Gasteiger partial charge in [0.1, 0.15) is 11.6 Å². The van der Waals surface area contributed by atoms with Crippen LogP contribution in [0.2, 0.25) is 0 Å². The topological polar surface area (TPSA) is 75.3 Å². The maximum absolute atomic E-state index is 12.7. The number of likely N-dealkylation sites (N-methyl/N-ethyl adjacent to an activating group) is 1. The number of ether oxygens (including phenoxy) is 1. The molecular formula is C20H21N3O3. The van der Waals surface area contributed by atoms with Crippen LogP contribution in [0.3, 0.4) is 0 Å². The zero-order valence-corrected chi connectivity index (χ0v) is 14.8. The number of rotatable bonds is 6. The zero-order chi connectivity index (χ0) is 18.5. The molecule has 3 aromatic rings. The molecule has 0 aliphatic rings. The van der Waals surface area contributed by atoms with Crippen LogP contribution in [0, 0.1) is 0 Å². The molecule has 0 aliphatic carbocycles. The van der Waals surface area contributed by atoms with Gasteiger partial charge in [0, 0.05) is 7.05 Å². The van der Waals surface area contributed by atoms with E-state index in [4.69, 9.17) is 4.74 Å². The number of nitrogens with zero attached hydrogens (tertiary/aromatic N) is 2. The minimum absolute atomic E-state index is 0.160. The monoisotopic (exact) mass is 351 g/mol. The fourth-order valence-electron chi connectivity index (χ4n) is 2.73. The lowest BCUT2D eigenvalue weighted by Gasteiger charge is -2.23. The van der Waals surface area contributed by atoms with Crippen LogP contribution in [0.4, 0.5) is 0 Å². The number of hydrogen-bond acceptors (Lipinski definition) is 4. The number of nitrogens with one attached hydrogen (secondary N) is 1. The molecule has 134 valence electrons. The van der Waals surface area contributed by atoms with Crippen molar-refractivity contribution in [2.45, 2.75) is 26.0 Å². The van der Waals surface area contributed by atoms with Crippen LogP contribution in [-0.2, 0) is 11.3 Å². The highest BCUT2D eigenvalue weighted by Crippen LogP contribution is 2.14. The van der Waals surface area contributed by atoms with E-state index in [1.165, 1.54) is 4.90 Å². The van der Waals surface area contributed by atoms with Gasteiger partial charge in [0.2, 0.25) is 0 Å². The summed E-state index contributed by atoms with van der Waals surface area (Å²) < 4.78 is 5.79. The minimum Gasteiger partial charge on any atom is -0.481 e. The van der Waals surface area contributed by atoms with Gasteiger partial charge in [-0.25, -0.2) is 4.98 Å². The lowest BCUT2D eigenvalue weighted by Crippen LogP contribution is -2.39. The third-order valence-corrected chi connectivity index (χ3v) is 4.09. The molecule has 0 spiro atoms. The minimum atomic E-state index is -0.588. The summed E-state index contributed by atoms with van der Waals surface area (Å²) in [4.78, 5) is 33.6. The number of carbonyl (C=O) groups excluding carboxylic acids is 1. The molecule has 1 N–H and O–H groups in total. The Labute approximate surface area is 151 Å². The molecule has 0 radical (unpaired) electrons. The largest absolute Gasteiger partial charge is 0.481 e. The predicted molar refractivity (Wildman–Crippen MR) is 100.0 cm³/mol. The second-order valence-corrected chi connectivity index (χ2v) is 6.05. The summed E-state index contributed by atoms with van der Waals surface area (Å²) in [7, 11) is 1.68. The third kappa shape index (κ3) is 3.91. The second kappa shape index (κ2) is 7.82. The molecule has 0 saturated heterocycles. The van der Waals surface area contributed by atoms with E-state index in [9.17, 15) is 9.59 Å². The quantitative estimate of drug-likeness (QED) is 0.741. The van der Waals surface area contributed by atoms with Crippen molar-refractivity contribution < 1.29 is 9.53 Å². The lowest BCUT2D eigenvalue weighted by atomic mass is 10.2. The summed E-state index contributed by atoms with van der Waals surface area (Å²) in [6, 6.07) is 16.4. The van der Waals surface area contributed by atoms with Crippen molar-refractivity contribution in [1.82, 2.24) is 14.9 Å². The van der Waals surface area contributed by atoms with Crippen molar-refractivity contribution in [3.8, 4) is 5.75 Å². The average Bonchev–Trinajstić information content (AvgIpc) is 2.66. The predicted octanol–water partition coefficient (Wildman–Crippen LogP) is 2.74. The number of aromatic amines is 1. The Bertz CT molecular complexity index is 953.